The number of methoxy groups -OCH3 is 1. The number of hydrogen-bond donors (Lipinski definition) is 5. The first kappa shape index (κ1) is 30.6. The molecular formula is C27H29Br2NO10. The van der Waals surface area contributed by atoms with E-state index in [1.54, 1.807) is 6.92 Å². The fourth-order valence-corrected chi connectivity index (χ4v) is 6.25. The molecule has 6 atom stereocenters. The highest BCUT2D eigenvalue weighted by atomic mass is 79.9. The minimum atomic E-state index is -2.04. The first-order valence-electron chi connectivity index (χ1n) is 12.4. The van der Waals surface area contributed by atoms with Crippen molar-refractivity contribution in [1.29, 1.82) is 0 Å². The van der Waals surface area contributed by atoms with Crippen LogP contribution < -0.4 is 10.5 Å². The van der Waals surface area contributed by atoms with Gasteiger partial charge in [0.25, 0.3) is 0 Å². The maximum absolute atomic E-state index is 13.7. The van der Waals surface area contributed by atoms with Crippen molar-refractivity contribution in [2.24, 2.45) is 5.73 Å². The van der Waals surface area contributed by atoms with E-state index in [9.17, 15) is 34.8 Å². The summed E-state index contributed by atoms with van der Waals surface area (Å²) in [6.07, 6.45) is -4.62. The Bertz CT molecular complexity index is 1390. The number of phenolic OH excluding ortho intramolecular Hbond substituents is 2. The molecule has 0 bridgehead atoms. The average Bonchev–Trinajstić information content (AvgIpc) is 2.90. The fourth-order valence-electron chi connectivity index (χ4n) is 5.73. The summed E-state index contributed by atoms with van der Waals surface area (Å²) in [6, 6.07) is 3.74. The van der Waals surface area contributed by atoms with Crippen LogP contribution in [0.15, 0.2) is 18.2 Å². The monoisotopic (exact) mass is 685 g/mol. The molecule has 1 heterocycles. The molecule has 0 unspecified atom stereocenters. The maximum Gasteiger partial charge on any atom is 0.202 e. The van der Waals surface area contributed by atoms with Gasteiger partial charge in [-0.1, -0.05) is 28.1 Å². The molecule has 2 aromatic carbocycles. The third-order valence-electron chi connectivity index (χ3n) is 7.78. The van der Waals surface area contributed by atoms with Gasteiger partial charge in [0.05, 0.1) is 47.4 Å². The standard InChI is InChI=1S/C27H28BrNO10.BrH/c1-10-22(31)13(29)6-17(38-10)39-15-8-27(36,16(30)9-28)7-12-19(15)26(35)21-20(24(12)33)23(32)11-4-3-5-14(37-2)18(11)25(21)34;/h3-5,10,13,15,17,22,31,33,35-36H,6-9,29H2,1-2H3;1H/t10-,13-,15-,17-,22+,27-;/m0./s1. The number of aliphatic hydroxyl groups excluding tert-OH is 1. The van der Waals surface area contributed by atoms with Crippen molar-refractivity contribution in [2.75, 3.05) is 12.4 Å². The third-order valence-corrected chi connectivity index (χ3v) is 8.29. The highest BCUT2D eigenvalue weighted by molar-refractivity contribution is 9.09. The Hall–Kier alpha value is -2.39. The van der Waals surface area contributed by atoms with E-state index in [1.165, 1.54) is 25.3 Å². The van der Waals surface area contributed by atoms with Crippen LogP contribution in [0.3, 0.4) is 0 Å². The van der Waals surface area contributed by atoms with E-state index in [0.717, 1.165) is 0 Å². The van der Waals surface area contributed by atoms with Crippen LogP contribution in [-0.2, 0) is 20.7 Å². The van der Waals surface area contributed by atoms with Crippen molar-refractivity contribution in [2.45, 2.75) is 62.4 Å². The van der Waals surface area contributed by atoms with Crippen molar-refractivity contribution in [3.63, 3.8) is 0 Å². The van der Waals surface area contributed by atoms with Crippen LogP contribution in [-0.4, -0.2) is 80.4 Å². The number of phenols is 2. The lowest BCUT2D eigenvalue weighted by molar-refractivity contribution is -0.247. The van der Waals surface area contributed by atoms with Gasteiger partial charge in [-0.25, -0.2) is 0 Å². The van der Waals surface area contributed by atoms with Gasteiger partial charge in [0, 0.05) is 42.0 Å². The summed E-state index contributed by atoms with van der Waals surface area (Å²) in [7, 11) is 1.34. The number of alkyl halides is 1. The van der Waals surface area contributed by atoms with Gasteiger partial charge in [0.2, 0.25) is 5.78 Å². The molecule has 0 amide bonds. The number of hydrogen-bond acceptors (Lipinski definition) is 11. The van der Waals surface area contributed by atoms with Gasteiger partial charge in [-0.2, -0.15) is 0 Å². The second-order valence-electron chi connectivity index (χ2n) is 10.1. The van der Waals surface area contributed by atoms with Crippen molar-refractivity contribution in [3.8, 4) is 17.2 Å². The molecule has 1 saturated heterocycles. The molecular weight excluding hydrogens is 658 g/mol. The number of fused-ring (bicyclic) bond motifs is 3. The number of aromatic hydroxyl groups is 2. The number of ether oxygens (including phenoxy) is 3. The van der Waals surface area contributed by atoms with E-state index < -0.39 is 82.6 Å². The molecule has 40 heavy (non-hydrogen) atoms. The Morgan fingerprint density at radius 1 is 1.18 bits per heavy atom. The van der Waals surface area contributed by atoms with Gasteiger partial charge >= 0.3 is 0 Å². The van der Waals surface area contributed by atoms with E-state index >= 15 is 0 Å². The van der Waals surface area contributed by atoms with Gasteiger partial charge in [-0.3, -0.25) is 14.4 Å². The zero-order chi connectivity index (χ0) is 28.4. The molecule has 13 heteroatoms. The molecule has 3 aliphatic rings. The number of ketones is 3. The number of carbonyl (C=O) groups excluding carboxylic acids is 3. The number of halogens is 2. The van der Waals surface area contributed by atoms with Crippen molar-refractivity contribution in [1.82, 2.24) is 0 Å². The molecule has 6 N–H and O–H groups in total. The van der Waals surface area contributed by atoms with E-state index in [0.29, 0.717) is 0 Å². The summed E-state index contributed by atoms with van der Waals surface area (Å²) in [6.45, 7) is 1.61. The summed E-state index contributed by atoms with van der Waals surface area (Å²) in [5.74, 6) is -3.20. The lowest BCUT2D eigenvalue weighted by Gasteiger charge is -2.42. The van der Waals surface area contributed by atoms with Crippen molar-refractivity contribution in [3.05, 3.63) is 51.6 Å². The Morgan fingerprint density at radius 3 is 2.48 bits per heavy atom. The lowest BCUT2D eigenvalue weighted by Crippen LogP contribution is -2.52. The predicted molar refractivity (Wildman–Crippen MR) is 149 cm³/mol. The summed E-state index contributed by atoms with van der Waals surface area (Å²) >= 11 is 3.07. The number of carbonyl (C=O) groups is 3. The summed E-state index contributed by atoms with van der Waals surface area (Å²) < 4.78 is 17.1. The normalized spacial score (nSPS) is 29.1. The van der Waals surface area contributed by atoms with Crippen LogP contribution in [0.25, 0.3) is 0 Å². The van der Waals surface area contributed by atoms with E-state index in [-0.39, 0.29) is 63.2 Å². The number of aliphatic hydroxyl groups is 2. The van der Waals surface area contributed by atoms with Crippen molar-refractivity contribution >= 4 is 50.3 Å². The zero-order valence-corrected chi connectivity index (χ0v) is 24.8. The topological polar surface area (TPSA) is 186 Å². The predicted octanol–water partition coefficient (Wildman–Crippen LogP) is 1.98. The quantitative estimate of drug-likeness (QED) is 0.195. The van der Waals surface area contributed by atoms with Crippen LogP contribution >= 0.6 is 32.9 Å². The number of nitrogens with two attached hydrogens (primary N) is 1. The van der Waals surface area contributed by atoms with E-state index in [4.69, 9.17) is 19.9 Å². The average molecular weight is 687 g/mol. The highest BCUT2D eigenvalue weighted by Gasteiger charge is 2.50. The molecule has 2 aliphatic carbocycles. The van der Waals surface area contributed by atoms with E-state index in [2.05, 4.69) is 15.9 Å². The summed E-state index contributed by atoms with van der Waals surface area (Å²) in [5, 5.41) is 44.2. The largest absolute Gasteiger partial charge is 0.507 e. The zero-order valence-electron chi connectivity index (χ0n) is 21.5. The van der Waals surface area contributed by atoms with Gasteiger partial charge in [0.1, 0.15) is 22.8 Å². The summed E-state index contributed by atoms with van der Waals surface area (Å²) in [4.78, 5) is 40.0. The molecule has 1 fully saturated rings. The Balaban J connectivity index is 0.00000370. The smallest absolute Gasteiger partial charge is 0.202 e. The van der Waals surface area contributed by atoms with Crippen molar-refractivity contribution < 1.29 is 49.0 Å². The minimum Gasteiger partial charge on any atom is -0.507 e. The molecule has 5 rings (SSSR count). The van der Waals surface area contributed by atoms with Crippen LogP contribution in [0, 0.1) is 0 Å². The van der Waals surface area contributed by atoms with Crippen LogP contribution in [0.4, 0.5) is 0 Å². The second kappa shape index (κ2) is 11.1. The summed E-state index contributed by atoms with van der Waals surface area (Å²) in [5.41, 5.74) is 2.91. The number of benzene rings is 2. The number of rotatable bonds is 5. The molecule has 1 aliphatic heterocycles. The van der Waals surface area contributed by atoms with E-state index in [1.807, 2.05) is 0 Å². The first-order valence-corrected chi connectivity index (χ1v) is 13.5. The Morgan fingerprint density at radius 2 is 1.85 bits per heavy atom. The molecule has 216 valence electrons. The van der Waals surface area contributed by atoms with Gasteiger partial charge in [-0.15, -0.1) is 17.0 Å². The maximum atomic E-state index is 13.7. The number of Topliss-reactive ketones (excluding diaryl/α,β-unsaturated/α-hetero) is 1. The third kappa shape index (κ3) is 4.67. The Kier molecular flexibility index (Phi) is 8.50. The van der Waals surface area contributed by atoms with Crippen LogP contribution in [0.1, 0.15) is 68.8 Å². The Labute approximate surface area is 248 Å². The van der Waals surface area contributed by atoms with Gasteiger partial charge < -0.3 is 40.4 Å². The first-order chi connectivity index (χ1) is 18.4. The highest BCUT2D eigenvalue weighted by Crippen LogP contribution is 2.52. The minimum absolute atomic E-state index is 0. The molecule has 11 nitrogen and oxygen atoms in total. The molecule has 0 radical (unpaired) electrons. The van der Waals surface area contributed by atoms with Crippen LogP contribution in [0.5, 0.6) is 17.2 Å². The van der Waals surface area contributed by atoms with Crippen LogP contribution in [0.2, 0.25) is 0 Å². The van der Waals surface area contributed by atoms with Gasteiger partial charge in [0.15, 0.2) is 17.9 Å². The lowest BCUT2D eigenvalue weighted by atomic mass is 9.72. The molecule has 0 spiro atoms. The molecule has 2 aromatic rings. The molecule has 0 saturated carbocycles. The second-order valence-corrected chi connectivity index (χ2v) is 10.7. The molecule has 0 aromatic heterocycles. The fraction of sp³-hybridized carbons (Fsp3) is 0.444. The van der Waals surface area contributed by atoms with Gasteiger partial charge in [-0.05, 0) is 13.0 Å². The SMILES string of the molecule is Br.COc1cccc2c1C(=O)c1c(O)c3c(c(O)c1C2=O)C[C@@](O)(C(=O)CBr)C[C@@H]3O[C@H]1C[C@H](N)[C@H](O)[C@H](C)O1.